The van der Waals surface area contributed by atoms with Crippen LogP contribution in [0.3, 0.4) is 0 Å². The van der Waals surface area contributed by atoms with Crippen LogP contribution in [0.5, 0.6) is 0 Å². The van der Waals surface area contributed by atoms with Crippen molar-refractivity contribution < 1.29 is 14.0 Å². The van der Waals surface area contributed by atoms with E-state index in [9.17, 15) is 0 Å². The minimum absolute atomic E-state index is 0.194. The second kappa shape index (κ2) is 4.39. The van der Waals surface area contributed by atoms with E-state index < -0.39 is 0 Å². The molecule has 3 nitrogen and oxygen atoms in total. The minimum atomic E-state index is -0.254. The summed E-state index contributed by atoms with van der Waals surface area (Å²) in [6, 6.07) is 0. The van der Waals surface area contributed by atoms with Gasteiger partial charge in [0.15, 0.2) is 0 Å². The molecule has 0 spiro atoms. The molecule has 0 aromatic carbocycles. The van der Waals surface area contributed by atoms with E-state index in [-0.39, 0.29) is 18.3 Å². The van der Waals surface area contributed by atoms with Crippen LogP contribution in [0.2, 0.25) is 0 Å². The van der Waals surface area contributed by atoms with Crippen LogP contribution >= 0.6 is 0 Å². The zero-order valence-corrected chi connectivity index (χ0v) is 12.4. The standard InChI is InChI=1S/C15H23BO3/c1-14(2)15(3,4)19-16(18-14)12-7-8-13-11(10-12)6-5-9-17-13/h10H,5-9H2,1-4H3. The first-order valence-electron chi connectivity index (χ1n) is 7.30. The number of hydrogen-bond donors (Lipinski definition) is 0. The Bertz CT molecular complexity index is 432. The van der Waals surface area contributed by atoms with E-state index >= 15 is 0 Å². The summed E-state index contributed by atoms with van der Waals surface area (Å²) in [5.41, 5.74) is 2.11. The highest BCUT2D eigenvalue weighted by Gasteiger charge is 2.52. The van der Waals surface area contributed by atoms with Gasteiger partial charge >= 0.3 is 7.12 Å². The molecule has 0 N–H and O–H groups in total. The summed E-state index contributed by atoms with van der Waals surface area (Å²) in [4.78, 5) is 0. The van der Waals surface area contributed by atoms with Gasteiger partial charge < -0.3 is 14.0 Å². The van der Waals surface area contributed by atoms with Crippen LogP contribution < -0.4 is 0 Å². The molecule has 4 heteroatoms. The van der Waals surface area contributed by atoms with Crippen molar-refractivity contribution in [2.24, 2.45) is 0 Å². The van der Waals surface area contributed by atoms with E-state index in [4.69, 9.17) is 14.0 Å². The van der Waals surface area contributed by atoms with E-state index in [1.807, 2.05) is 0 Å². The van der Waals surface area contributed by atoms with Crippen molar-refractivity contribution in [3.05, 3.63) is 22.9 Å². The highest BCUT2D eigenvalue weighted by Crippen LogP contribution is 2.41. The molecule has 2 aliphatic heterocycles. The van der Waals surface area contributed by atoms with Crippen LogP contribution in [-0.2, 0) is 14.0 Å². The van der Waals surface area contributed by atoms with Gasteiger partial charge in [-0.05, 0) is 58.0 Å². The molecule has 0 aromatic heterocycles. The molecular weight excluding hydrogens is 239 g/mol. The minimum Gasteiger partial charge on any atom is -0.498 e. The van der Waals surface area contributed by atoms with Gasteiger partial charge in [-0.3, -0.25) is 0 Å². The molecule has 3 aliphatic rings. The monoisotopic (exact) mass is 262 g/mol. The lowest BCUT2D eigenvalue weighted by Crippen LogP contribution is -2.41. The zero-order chi connectivity index (χ0) is 13.7. The average molecular weight is 262 g/mol. The van der Waals surface area contributed by atoms with Crippen molar-refractivity contribution in [3.8, 4) is 0 Å². The number of allylic oxidation sites excluding steroid dienone is 4. The largest absolute Gasteiger partial charge is 0.498 e. The van der Waals surface area contributed by atoms with Crippen LogP contribution in [0.1, 0.15) is 53.4 Å². The van der Waals surface area contributed by atoms with Crippen molar-refractivity contribution >= 4 is 7.12 Å². The van der Waals surface area contributed by atoms with Gasteiger partial charge in [0.2, 0.25) is 0 Å². The lowest BCUT2D eigenvalue weighted by atomic mass is 9.72. The Hall–Kier alpha value is -0.735. The first kappa shape index (κ1) is 13.3. The molecular formula is C15H23BO3. The van der Waals surface area contributed by atoms with E-state index in [2.05, 4.69) is 33.8 Å². The lowest BCUT2D eigenvalue weighted by molar-refractivity contribution is 0.00578. The van der Waals surface area contributed by atoms with E-state index in [0.29, 0.717) is 0 Å². The molecule has 1 fully saturated rings. The molecule has 0 atom stereocenters. The molecule has 0 saturated carbocycles. The van der Waals surface area contributed by atoms with Crippen molar-refractivity contribution in [3.63, 3.8) is 0 Å². The van der Waals surface area contributed by atoms with E-state index in [1.165, 1.54) is 16.8 Å². The third-order valence-electron chi connectivity index (χ3n) is 4.78. The molecule has 0 bridgehead atoms. The predicted molar refractivity (Wildman–Crippen MR) is 75.6 cm³/mol. The first-order valence-corrected chi connectivity index (χ1v) is 7.30. The summed E-state index contributed by atoms with van der Waals surface area (Å²) in [5.74, 6) is 1.19. The summed E-state index contributed by atoms with van der Waals surface area (Å²) in [6.45, 7) is 9.28. The molecule has 0 radical (unpaired) electrons. The molecule has 1 aliphatic carbocycles. The van der Waals surface area contributed by atoms with Crippen molar-refractivity contribution in [2.45, 2.75) is 64.6 Å². The Kier molecular flexibility index (Phi) is 3.06. The van der Waals surface area contributed by atoms with Gasteiger partial charge in [-0.1, -0.05) is 6.08 Å². The maximum absolute atomic E-state index is 6.13. The normalized spacial score (nSPS) is 28.8. The SMILES string of the molecule is CC1(C)OB(C2=CC3=C(CC2)OCCC3)OC1(C)C. The Morgan fingerprint density at radius 3 is 2.37 bits per heavy atom. The van der Waals surface area contributed by atoms with Gasteiger partial charge in [-0.25, -0.2) is 0 Å². The summed E-state index contributed by atoms with van der Waals surface area (Å²) < 4.78 is 18.0. The van der Waals surface area contributed by atoms with Gasteiger partial charge in [0, 0.05) is 6.42 Å². The molecule has 0 amide bonds. The average Bonchev–Trinajstić information content (AvgIpc) is 2.58. The Labute approximate surface area is 116 Å². The lowest BCUT2D eigenvalue weighted by Gasteiger charge is -2.32. The highest BCUT2D eigenvalue weighted by molar-refractivity contribution is 6.54. The fourth-order valence-electron chi connectivity index (χ4n) is 2.81. The summed E-state index contributed by atoms with van der Waals surface area (Å²) >= 11 is 0. The molecule has 1 saturated heterocycles. The Balaban J connectivity index is 1.82. The third kappa shape index (κ3) is 2.25. The number of rotatable bonds is 1. The van der Waals surface area contributed by atoms with Crippen molar-refractivity contribution in [1.29, 1.82) is 0 Å². The molecule has 19 heavy (non-hydrogen) atoms. The van der Waals surface area contributed by atoms with Gasteiger partial charge in [-0.2, -0.15) is 0 Å². The number of ether oxygens (including phenoxy) is 1. The van der Waals surface area contributed by atoms with Crippen molar-refractivity contribution in [2.75, 3.05) is 6.61 Å². The van der Waals surface area contributed by atoms with Crippen LogP contribution in [0.15, 0.2) is 22.9 Å². The maximum Gasteiger partial charge on any atom is 0.490 e. The Morgan fingerprint density at radius 1 is 1.00 bits per heavy atom. The molecule has 0 aromatic rings. The molecule has 3 rings (SSSR count). The molecule has 104 valence electrons. The predicted octanol–water partition coefficient (Wildman–Crippen LogP) is 3.40. The topological polar surface area (TPSA) is 27.7 Å². The fraction of sp³-hybridized carbons (Fsp3) is 0.733. The summed E-state index contributed by atoms with van der Waals surface area (Å²) in [5, 5.41) is 0. The Morgan fingerprint density at radius 2 is 1.68 bits per heavy atom. The van der Waals surface area contributed by atoms with Crippen LogP contribution in [0.4, 0.5) is 0 Å². The second-order valence-electron chi connectivity index (χ2n) is 6.71. The summed E-state index contributed by atoms with van der Waals surface area (Å²) in [7, 11) is -0.194. The van der Waals surface area contributed by atoms with Gasteiger partial charge in [0.25, 0.3) is 0 Å². The van der Waals surface area contributed by atoms with Crippen LogP contribution in [0, 0.1) is 0 Å². The highest BCUT2D eigenvalue weighted by atomic mass is 16.7. The van der Waals surface area contributed by atoms with Gasteiger partial charge in [-0.15, -0.1) is 0 Å². The van der Waals surface area contributed by atoms with Crippen LogP contribution in [-0.4, -0.2) is 24.9 Å². The zero-order valence-electron chi connectivity index (χ0n) is 12.4. The third-order valence-corrected chi connectivity index (χ3v) is 4.78. The number of hydrogen-bond acceptors (Lipinski definition) is 3. The van der Waals surface area contributed by atoms with Gasteiger partial charge in [0.05, 0.1) is 23.6 Å². The van der Waals surface area contributed by atoms with E-state index in [1.54, 1.807) is 0 Å². The molecule has 2 heterocycles. The van der Waals surface area contributed by atoms with Crippen LogP contribution in [0.25, 0.3) is 0 Å². The fourth-order valence-corrected chi connectivity index (χ4v) is 2.81. The summed E-state index contributed by atoms with van der Waals surface area (Å²) in [6.07, 6.45) is 6.46. The van der Waals surface area contributed by atoms with Gasteiger partial charge in [0.1, 0.15) is 0 Å². The maximum atomic E-state index is 6.13. The smallest absolute Gasteiger partial charge is 0.490 e. The van der Waals surface area contributed by atoms with Crippen molar-refractivity contribution in [1.82, 2.24) is 0 Å². The quantitative estimate of drug-likeness (QED) is 0.678. The first-order chi connectivity index (χ1) is 8.89. The van der Waals surface area contributed by atoms with E-state index in [0.717, 1.165) is 32.3 Å². The second-order valence-corrected chi connectivity index (χ2v) is 6.71. The molecule has 0 unspecified atom stereocenters.